The maximum absolute atomic E-state index is 12.0. The Kier molecular flexibility index (Phi) is 5.57. The number of halogens is 1. The van der Waals surface area contributed by atoms with Gasteiger partial charge in [-0.15, -0.1) is 0 Å². The molecule has 1 aliphatic rings. The molecule has 2 N–H and O–H groups in total. The molecule has 0 radical (unpaired) electrons. The van der Waals surface area contributed by atoms with E-state index >= 15 is 0 Å². The first-order valence-electron chi connectivity index (χ1n) is 8.02. The topological polar surface area (TPSA) is 75.6 Å². The fraction of sp³-hybridized carbons (Fsp3) is 0.263. The third-order valence-electron chi connectivity index (χ3n) is 4.33. The number of hydrogen-bond acceptors (Lipinski definition) is 3. The third-order valence-corrected chi connectivity index (χ3v) is 4.95. The fourth-order valence-electron chi connectivity index (χ4n) is 3.15. The SMILES string of the molecule is O=C(N[C@H](CCI)C(=O)O)OCC1c2ccccc2-c2ccccc21. The van der Waals surface area contributed by atoms with Crippen LogP contribution in [-0.2, 0) is 9.53 Å². The molecule has 0 aromatic heterocycles. The summed E-state index contributed by atoms with van der Waals surface area (Å²) in [5.41, 5.74) is 4.55. The summed E-state index contributed by atoms with van der Waals surface area (Å²) >= 11 is 2.08. The van der Waals surface area contributed by atoms with E-state index < -0.39 is 18.1 Å². The summed E-state index contributed by atoms with van der Waals surface area (Å²) < 4.78 is 5.99. The number of carboxylic acids is 1. The maximum atomic E-state index is 12.0. The molecule has 6 heteroatoms. The average Bonchev–Trinajstić information content (AvgIpc) is 2.93. The van der Waals surface area contributed by atoms with Gasteiger partial charge in [0.15, 0.2) is 0 Å². The number of carbonyl (C=O) groups excluding carboxylic acids is 1. The summed E-state index contributed by atoms with van der Waals surface area (Å²) in [5, 5.41) is 11.5. The van der Waals surface area contributed by atoms with Gasteiger partial charge in [-0.05, 0) is 28.7 Å². The molecule has 25 heavy (non-hydrogen) atoms. The molecule has 1 amide bonds. The van der Waals surface area contributed by atoms with E-state index in [1.165, 1.54) is 0 Å². The molecule has 0 saturated carbocycles. The van der Waals surface area contributed by atoms with Gasteiger partial charge in [0.2, 0.25) is 0 Å². The Morgan fingerprint density at radius 2 is 1.64 bits per heavy atom. The van der Waals surface area contributed by atoms with Crippen molar-refractivity contribution in [3.05, 3.63) is 59.7 Å². The van der Waals surface area contributed by atoms with Gasteiger partial charge in [0.1, 0.15) is 12.6 Å². The van der Waals surface area contributed by atoms with Crippen LogP contribution in [0.15, 0.2) is 48.5 Å². The third kappa shape index (κ3) is 3.78. The minimum absolute atomic E-state index is 0.0361. The number of hydrogen-bond donors (Lipinski definition) is 2. The highest BCUT2D eigenvalue weighted by molar-refractivity contribution is 14.1. The first kappa shape index (κ1) is 17.7. The molecule has 1 atom stereocenters. The van der Waals surface area contributed by atoms with Crippen molar-refractivity contribution in [3.8, 4) is 11.1 Å². The normalized spacial score (nSPS) is 13.6. The lowest BCUT2D eigenvalue weighted by Gasteiger charge is -2.17. The van der Waals surface area contributed by atoms with E-state index in [4.69, 9.17) is 9.84 Å². The van der Waals surface area contributed by atoms with Gasteiger partial charge in [0.25, 0.3) is 0 Å². The Morgan fingerprint density at radius 3 is 2.16 bits per heavy atom. The zero-order valence-corrected chi connectivity index (χ0v) is 15.6. The molecule has 5 nitrogen and oxygen atoms in total. The van der Waals surface area contributed by atoms with Crippen molar-refractivity contribution in [1.29, 1.82) is 0 Å². The first-order valence-corrected chi connectivity index (χ1v) is 9.54. The number of amides is 1. The van der Waals surface area contributed by atoms with E-state index in [9.17, 15) is 9.59 Å². The van der Waals surface area contributed by atoms with Gasteiger partial charge in [0.05, 0.1) is 0 Å². The predicted molar refractivity (Wildman–Crippen MR) is 103 cm³/mol. The second-order valence-electron chi connectivity index (χ2n) is 5.84. The lowest BCUT2D eigenvalue weighted by Crippen LogP contribution is -2.41. The second kappa shape index (κ2) is 7.86. The molecule has 0 unspecified atom stereocenters. The lowest BCUT2D eigenvalue weighted by molar-refractivity contribution is -0.139. The highest BCUT2D eigenvalue weighted by atomic mass is 127. The van der Waals surface area contributed by atoms with Gasteiger partial charge in [0, 0.05) is 10.3 Å². The van der Waals surface area contributed by atoms with E-state index in [0.717, 1.165) is 22.3 Å². The van der Waals surface area contributed by atoms with Crippen LogP contribution in [0.4, 0.5) is 4.79 Å². The summed E-state index contributed by atoms with van der Waals surface area (Å²) in [7, 11) is 0. The summed E-state index contributed by atoms with van der Waals surface area (Å²) in [6.45, 7) is 0.177. The van der Waals surface area contributed by atoms with E-state index in [1.54, 1.807) is 0 Å². The molecule has 130 valence electrons. The van der Waals surface area contributed by atoms with Crippen LogP contribution in [0, 0.1) is 0 Å². The monoisotopic (exact) mass is 451 g/mol. The zero-order chi connectivity index (χ0) is 17.8. The van der Waals surface area contributed by atoms with Crippen LogP contribution in [0.5, 0.6) is 0 Å². The van der Waals surface area contributed by atoms with Crippen LogP contribution in [0.1, 0.15) is 23.5 Å². The summed E-state index contributed by atoms with van der Waals surface area (Å²) in [6, 6.07) is 15.2. The molecule has 0 saturated heterocycles. The van der Waals surface area contributed by atoms with Crippen molar-refractivity contribution in [2.45, 2.75) is 18.4 Å². The van der Waals surface area contributed by atoms with Crippen LogP contribution >= 0.6 is 22.6 Å². The predicted octanol–water partition coefficient (Wildman–Crippen LogP) is 3.80. The van der Waals surface area contributed by atoms with Gasteiger partial charge in [-0.3, -0.25) is 0 Å². The average molecular weight is 451 g/mol. The van der Waals surface area contributed by atoms with Crippen molar-refractivity contribution in [2.75, 3.05) is 11.0 Å². The summed E-state index contributed by atoms with van der Waals surface area (Å²) in [5.74, 6) is -1.09. The molecular formula is C19H18INO4. The van der Waals surface area contributed by atoms with Crippen LogP contribution < -0.4 is 5.32 Å². The van der Waals surface area contributed by atoms with Crippen molar-refractivity contribution < 1.29 is 19.4 Å². The van der Waals surface area contributed by atoms with Gasteiger partial charge < -0.3 is 15.2 Å². The Bertz CT molecular complexity index is 747. The van der Waals surface area contributed by atoms with Crippen molar-refractivity contribution in [1.82, 2.24) is 5.32 Å². The van der Waals surface area contributed by atoms with E-state index in [2.05, 4.69) is 40.0 Å². The molecule has 0 spiro atoms. The highest BCUT2D eigenvalue weighted by Gasteiger charge is 2.29. The molecule has 2 aromatic carbocycles. The molecule has 1 aliphatic carbocycles. The minimum atomic E-state index is -1.05. The molecule has 0 bridgehead atoms. The maximum Gasteiger partial charge on any atom is 0.407 e. The quantitative estimate of drug-likeness (QED) is 0.518. The van der Waals surface area contributed by atoms with E-state index in [-0.39, 0.29) is 12.5 Å². The standard InChI is InChI=1S/C19H18INO4/c20-10-9-17(18(22)23)21-19(24)25-11-16-14-7-3-1-5-12(14)13-6-2-4-8-15(13)16/h1-8,16-17H,9-11H2,(H,21,24)(H,22,23)/t17-/m1/s1. The van der Waals surface area contributed by atoms with Gasteiger partial charge in [-0.25, -0.2) is 9.59 Å². The molecule has 0 aliphatic heterocycles. The highest BCUT2D eigenvalue weighted by Crippen LogP contribution is 2.44. The van der Waals surface area contributed by atoms with E-state index in [1.807, 2.05) is 36.4 Å². The van der Waals surface area contributed by atoms with E-state index in [0.29, 0.717) is 10.8 Å². The van der Waals surface area contributed by atoms with Crippen LogP contribution in [0.2, 0.25) is 0 Å². The smallest absolute Gasteiger partial charge is 0.407 e. The second-order valence-corrected chi connectivity index (χ2v) is 6.92. The van der Waals surface area contributed by atoms with Crippen LogP contribution in [0.3, 0.4) is 0 Å². The number of nitrogens with one attached hydrogen (secondary N) is 1. The summed E-state index contributed by atoms with van der Waals surface area (Å²) in [4.78, 5) is 23.2. The Labute approximate surface area is 159 Å². The zero-order valence-electron chi connectivity index (χ0n) is 13.4. The number of fused-ring (bicyclic) bond motifs is 3. The largest absolute Gasteiger partial charge is 0.480 e. The number of carbonyl (C=O) groups is 2. The fourth-order valence-corrected chi connectivity index (χ4v) is 3.77. The van der Waals surface area contributed by atoms with Crippen molar-refractivity contribution in [2.24, 2.45) is 0 Å². The number of alkyl halides is 1. The van der Waals surface area contributed by atoms with Crippen molar-refractivity contribution in [3.63, 3.8) is 0 Å². The number of benzene rings is 2. The molecule has 0 fully saturated rings. The van der Waals surface area contributed by atoms with Crippen molar-refractivity contribution >= 4 is 34.7 Å². The Balaban J connectivity index is 1.71. The number of rotatable bonds is 6. The number of ether oxygens (including phenoxy) is 1. The molecular weight excluding hydrogens is 433 g/mol. The lowest BCUT2D eigenvalue weighted by atomic mass is 9.98. The van der Waals surface area contributed by atoms with Gasteiger partial charge in [-0.2, -0.15) is 0 Å². The van der Waals surface area contributed by atoms with Crippen LogP contribution in [0.25, 0.3) is 11.1 Å². The van der Waals surface area contributed by atoms with Gasteiger partial charge in [-0.1, -0.05) is 71.1 Å². The number of alkyl carbamates (subject to hydrolysis) is 1. The minimum Gasteiger partial charge on any atom is -0.480 e. The first-order chi connectivity index (χ1) is 12.1. The summed E-state index contributed by atoms with van der Waals surface area (Å²) in [6.07, 6.45) is -0.334. The Hall–Kier alpha value is -2.09. The molecule has 2 aromatic rings. The molecule has 0 heterocycles. The van der Waals surface area contributed by atoms with Crippen LogP contribution in [-0.4, -0.2) is 34.2 Å². The molecule has 3 rings (SSSR count). The number of carboxylic acid groups (broad SMARTS) is 1. The van der Waals surface area contributed by atoms with Gasteiger partial charge >= 0.3 is 12.1 Å². The number of aliphatic carboxylic acids is 1. The Morgan fingerprint density at radius 1 is 1.08 bits per heavy atom.